The molecule has 1 aromatic heterocycles. The first kappa shape index (κ1) is 17.7. The zero-order valence-electron chi connectivity index (χ0n) is 16.1. The fraction of sp³-hybridized carbons (Fsp3) is 0.280. The van der Waals surface area contributed by atoms with Gasteiger partial charge in [-0.05, 0) is 77.6 Å². The van der Waals surface area contributed by atoms with Crippen LogP contribution in [0.4, 0.5) is 0 Å². The standard InChI is InChI=1S/C21H22O.C4H4O/c1-3-22-20-13-15-8-4-5-9-17(15)19-12-11-16-14(2)7-6-10-18(16)21(19)20;1-2-4-5-3-1/h4-5,8-9,11-14H,3,6-7,10H2,1-2H3;1-4H. The molecule has 1 unspecified atom stereocenters. The second-order valence-corrected chi connectivity index (χ2v) is 7.17. The van der Waals surface area contributed by atoms with E-state index < -0.39 is 0 Å². The Bertz CT molecular complexity index is 1010. The Morgan fingerprint density at radius 1 is 1.00 bits per heavy atom. The maximum Gasteiger partial charge on any atom is 0.128 e. The van der Waals surface area contributed by atoms with Crippen LogP contribution in [-0.4, -0.2) is 6.61 Å². The molecular formula is C25H26O2. The highest BCUT2D eigenvalue weighted by molar-refractivity contribution is 6.11. The fourth-order valence-electron chi connectivity index (χ4n) is 4.22. The van der Waals surface area contributed by atoms with Gasteiger partial charge >= 0.3 is 0 Å². The van der Waals surface area contributed by atoms with E-state index in [1.165, 1.54) is 51.9 Å². The molecule has 0 aliphatic heterocycles. The molecule has 0 radical (unpaired) electrons. The van der Waals surface area contributed by atoms with E-state index in [0.29, 0.717) is 12.5 Å². The summed E-state index contributed by atoms with van der Waals surface area (Å²) in [6.45, 7) is 5.14. The molecule has 0 spiro atoms. The van der Waals surface area contributed by atoms with Crippen LogP contribution in [0.1, 0.15) is 43.7 Å². The molecule has 27 heavy (non-hydrogen) atoms. The molecule has 0 saturated heterocycles. The van der Waals surface area contributed by atoms with Crippen LogP contribution in [-0.2, 0) is 6.42 Å². The van der Waals surface area contributed by atoms with Crippen molar-refractivity contribution >= 4 is 21.5 Å². The quantitative estimate of drug-likeness (QED) is 0.356. The monoisotopic (exact) mass is 358 g/mol. The molecule has 0 bridgehead atoms. The van der Waals surface area contributed by atoms with Gasteiger partial charge in [-0.1, -0.05) is 43.3 Å². The summed E-state index contributed by atoms with van der Waals surface area (Å²) in [7, 11) is 0. The summed E-state index contributed by atoms with van der Waals surface area (Å²) in [5, 5.41) is 5.29. The Balaban J connectivity index is 0.000000314. The third kappa shape index (κ3) is 3.44. The van der Waals surface area contributed by atoms with Crippen LogP contribution >= 0.6 is 0 Å². The van der Waals surface area contributed by atoms with Crippen molar-refractivity contribution in [2.24, 2.45) is 0 Å². The van der Waals surface area contributed by atoms with Gasteiger partial charge in [-0.25, -0.2) is 0 Å². The van der Waals surface area contributed by atoms with Crippen molar-refractivity contribution < 1.29 is 9.15 Å². The Morgan fingerprint density at radius 2 is 1.81 bits per heavy atom. The van der Waals surface area contributed by atoms with Crippen LogP contribution in [0, 0.1) is 0 Å². The minimum atomic E-state index is 0.661. The first-order valence-corrected chi connectivity index (χ1v) is 9.86. The largest absolute Gasteiger partial charge is 0.493 e. The van der Waals surface area contributed by atoms with Crippen LogP contribution in [0.3, 0.4) is 0 Å². The number of hydrogen-bond acceptors (Lipinski definition) is 2. The first-order valence-electron chi connectivity index (χ1n) is 9.86. The molecule has 1 aliphatic rings. The van der Waals surface area contributed by atoms with Gasteiger partial charge in [-0.2, -0.15) is 0 Å². The highest BCUT2D eigenvalue weighted by atomic mass is 16.5. The lowest BCUT2D eigenvalue weighted by Crippen LogP contribution is -2.08. The number of fused-ring (bicyclic) bond motifs is 5. The summed E-state index contributed by atoms with van der Waals surface area (Å²) < 4.78 is 10.6. The number of hydrogen-bond donors (Lipinski definition) is 0. The molecule has 4 aromatic rings. The molecule has 0 fully saturated rings. The topological polar surface area (TPSA) is 22.4 Å². The maximum absolute atomic E-state index is 6.03. The van der Waals surface area contributed by atoms with Crippen molar-refractivity contribution in [3.63, 3.8) is 0 Å². The summed E-state index contributed by atoms with van der Waals surface area (Å²) in [5.74, 6) is 1.72. The summed E-state index contributed by atoms with van der Waals surface area (Å²) in [6.07, 6.45) is 7.01. The summed E-state index contributed by atoms with van der Waals surface area (Å²) in [4.78, 5) is 0. The molecule has 3 aromatic carbocycles. The van der Waals surface area contributed by atoms with E-state index in [0.717, 1.165) is 5.75 Å². The molecule has 0 amide bonds. The van der Waals surface area contributed by atoms with E-state index in [2.05, 4.69) is 60.7 Å². The predicted octanol–water partition coefficient (Wildman–Crippen LogP) is 7.11. The molecule has 1 atom stereocenters. The Hall–Kier alpha value is -2.74. The lowest BCUT2D eigenvalue weighted by molar-refractivity contribution is 0.344. The zero-order valence-corrected chi connectivity index (χ0v) is 16.1. The van der Waals surface area contributed by atoms with Crippen molar-refractivity contribution in [3.05, 3.63) is 78.3 Å². The summed E-state index contributed by atoms with van der Waals surface area (Å²) in [6, 6.07) is 19.2. The van der Waals surface area contributed by atoms with E-state index in [4.69, 9.17) is 4.74 Å². The highest BCUT2D eigenvalue weighted by Gasteiger charge is 2.21. The maximum atomic E-state index is 6.03. The first-order chi connectivity index (χ1) is 13.3. The second-order valence-electron chi connectivity index (χ2n) is 7.17. The summed E-state index contributed by atoms with van der Waals surface area (Å²) in [5.41, 5.74) is 3.04. The highest BCUT2D eigenvalue weighted by Crippen LogP contribution is 2.42. The molecule has 2 nitrogen and oxygen atoms in total. The van der Waals surface area contributed by atoms with E-state index in [1.54, 1.807) is 12.5 Å². The van der Waals surface area contributed by atoms with E-state index in [9.17, 15) is 0 Å². The van der Waals surface area contributed by atoms with E-state index in [-0.39, 0.29) is 0 Å². The van der Waals surface area contributed by atoms with Gasteiger partial charge in [0, 0.05) is 5.39 Å². The number of ether oxygens (including phenoxy) is 1. The predicted molar refractivity (Wildman–Crippen MR) is 113 cm³/mol. The van der Waals surface area contributed by atoms with Crippen molar-refractivity contribution in [1.82, 2.24) is 0 Å². The average Bonchev–Trinajstić information content (AvgIpc) is 3.28. The van der Waals surface area contributed by atoms with Crippen LogP contribution in [0.2, 0.25) is 0 Å². The molecular weight excluding hydrogens is 332 g/mol. The molecule has 5 rings (SSSR count). The lowest BCUT2D eigenvalue weighted by Gasteiger charge is -2.25. The second kappa shape index (κ2) is 7.87. The van der Waals surface area contributed by atoms with Crippen LogP contribution < -0.4 is 4.74 Å². The van der Waals surface area contributed by atoms with E-state index in [1.807, 2.05) is 12.1 Å². The Labute approximate surface area is 160 Å². The number of rotatable bonds is 2. The van der Waals surface area contributed by atoms with Gasteiger partial charge in [-0.15, -0.1) is 0 Å². The third-order valence-corrected chi connectivity index (χ3v) is 5.45. The van der Waals surface area contributed by atoms with Gasteiger partial charge < -0.3 is 9.15 Å². The molecule has 0 N–H and O–H groups in total. The van der Waals surface area contributed by atoms with Crippen LogP contribution in [0.5, 0.6) is 5.75 Å². The van der Waals surface area contributed by atoms with E-state index >= 15 is 0 Å². The SMILES string of the molecule is CCOc1cc2ccccc2c2ccc3c(c12)CCCC3C.c1ccoc1. The third-order valence-electron chi connectivity index (χ3n) is 5.45. The zero-order chi connectivity index (χ0) is 18.6. The van der Waals surface area contributed by atoms with Gasteiger partial charge in [0.05, 0.1) is 19.1 Å². The van der Waals surface area contributed by atoms with Gasteiger partial charge in [0.1, 0.15) is 5.75 Å². The minimum absolute atomic E-state index is 0.661. The smallest absolute Gasteiger partial charge is 0.128 e. The molecule has 138 valence electrons. The lowest BCUT2D eigenvalue weighted by atomic mass is 9.80. The molecule has 1 heterocycles. The molecule has 2 heteroatoms. The molecule has 0 saturated carbocycles. The van der Waals surface area contributed by atoms with Gasteiger partial charge in [-0.3, -0.25) is 0 Å². The van der Waals surface area contributed by atoms with Gasteiger partial charge in [0.2, 0.25) is 0 Å². The van der Waals surface area contributed by atoms with Crippen molar-refractivity contribution in [2.45, 2.75) is 39.0 Å². The van der Waals surface area contributed by atoms with Crippen molar-refractivity contribution in [1.29, 1.82) is 0 Å². The normalized spacial score (nSPS) is 15.9. The fourth-order valence-corrected chi connectivity index (χ4v) is 4.22. The van der Waals surface area contributed by atoms with Crippen molar-refractivity contribution in [2.75, 3.05) is 6.61 Å². The van der Waals surface area contributed by atoms with Crippen LogP contribution in [0.25, 0.3) is 21.5 Å². The van der Waals surface area contributed by atoms with Gasteiger partial charge in [0.15, 0.2) is 0 Å². The van der Waals surface area contributed by atoms with Crippen LogP contribution in [0.15, 0.2) is 71.5 Å². The molecule has 1 aliphatic carbocycles. The summed E-state index contributed by atoms with van der Waals surface area (Å²) >= 11 is 0. The minimum Gasteiger partial charge on any atom is -0.493 e. The average molecular weight is 358 g/mol. The van der Waals surface area contributed by atoms with Gasteiger partial charge in [0.25, 0.3) is 0 Å². The van der Waals surface area contributed by atoms with Crippen molar-refractivity contribution in [3.8, 4) is 5.75 Å². The Kier molecular flexibility index (Phi) is 5.15. The number of furan rings is 1. The Morgan fingerprint density at radius 3 is 2.56 bits per heavy atom. The number of benzene rings is 3. The number of aryl methyl sites for hydroxylation is 1.